The smallest absolute Gasteiger partial charge is 0.356 e. The summed E-state index contributed by atoms with van der Waals surface area (Å²) in [5, 5.41) is 5.46. The third-order valence-corrected chi connectivity index (χ3v) is 6.05. The number of hydrogen-bond acceptors (Lipinski definition) is 7. The fourth-order valence-corrected chi connectivity index (χ4v) is 3.95. The molecule has 4 rings (SSSR count). The lowest BCUT2D eigenvalue weighted by atomic mass is 10.1. The lowest BCUT2D eigenvalue weighted by Gasteiger charge is -2.21. The summed E-state index contributed by atoms with van der Waals surface area (Å²) in [5.41, 5.74) is 3.95. The molecule has 1 N–H and O–H groups in total. The second-order valence-corrected chi connectivity index (χ2v) is 10.4. The highest BCUT2D eigenvalue weighted by atomic mass is 32.2. The second kappa shape index (κ2) is 9.33. The third kappa shape index (κ3) is 5.23. The number of hydrogen-bond donors (Lipinski definition) is 1. The SMILES string of the molecule is COC(=O)c1cccc(-n2ncc3ccc(-c4cccc([C@H](C)NSC(C)(C)C)n4)cc32)n1. The minimum atomic E-state index is -0.484. The van der Waals surface area contributed by atoms with Crippen molar-refractivity contribution < 1.29 is 9.53 Å². The molecule has 0 bridgehead atoms. The van der Waals surface area contributed by atoms with Crippen molar-refractivity contribution in [2.75, 3.05) is 7.11 Å². The fourth-order valence-electron chi connectivity index (χ4n) is 3.30. The molecule has 1 atom stereocenters. The molecule has 170 valence electrons. The van der Waals surface area contributed by atoms with Crippen molar-refractivity contribution in [1.29, 1.82) is 0 Å². The number of aromatic nitrogens is 4. The van der Waals surface area contributed by atoms with Crippen molar-refractivity contribution in [2.45, 2.75) is 38.5 Å². The Kier molecular flexibility index (Phi) is 6.49. The van der Waals surface area contributed by atoms with Crippen LogP contribution in [0, 0.1) is 0 Å². The van der Waals surface area contributed by atoms with Gasteiger partial charge in [0.1, 0.15) is 0 Å². The maximum absolute atomic E-state index is 11.9. The zero-order valence-electron chi connectivity index (χ0n) is 19.4. The number of carbonyl (C=O) groups is 1. The molecule has 0 unspecified atom stereocenters. The van der Waals surface area contributed by atoms with E-state index in [4.69, 9.17) is 9.72 Å². The van der Waals surface area contributed by atoms with Crippen LogP contribution in [-0.2, 0) is 4.74 Å². The molecule has 7 nitrogen and oxygen atoms in total. The van der Waals surface area contributed by atoms with Crippen LogP contribution in [0.5, 0.6) is 0 Å². The number of esters is 1. The highest BCUT2D eigenvalue weighted by molar-refractivity contribution is 7.98. The number of pyridine rings is 2. The van der Waals surface area contributed by atoms with Gasteiger partial charge in [-0.15, -0.1) is 0 Å². The number of nitrogens with one attached hydrogen (secondary N) is 1. The summed E-state index contributed by atoms with van der Waals surface area (Å²) in [6.45, 7) is 8.64. The average Bonchev–Trinajstić information content (AvgIpc) is 3.25. The topological polar surface area (TPSA) is 81.9 Å². The van der Waals surface area contributed by atoms with E-state index in [1.54, 1.807) is 35.0 Å². The summed E-state index contributed by atoms with van der Waals surface area (Å²) in [7, 11) is 1.34. The van der Waals surface area contributed by atoms with E-state index < -0.39 is 5.97 Å². The van der Waals surface area contributed by atoms with Crippen molar-refractivity contribution in [1.82, 2.24) is 24.5 Å². The number of carbonyl (C=O) groups excluding carboxylic acids is 1. The van der Waals surface area contributed by atoms with Crippen molar-refractivity contribution in [3.05, 3.63) is 72.2 Å². The molecule has 0 fully saturated rings. The molecule has 0 saturated carbocycles. The van der Waals surface area contributed by atoms with E-state index in [2.05, 4.69) is 42.5 Å². The molecule has 3 aromatic heterocycles. The van der Waals surface area contributed by atoms with Gasteiger partial charge >= 0.3 is 5.97 Å². The van der Waals surface area contributed by atoms with Crippen LogP contribution in [0.25, 0.3) is 28.0 Å². The van der Waals surface area contributed by atoms with Gasteiger partial charge in [-0.05, 0) is 58.0 Å². The van der Waals surface area contributed by atoms with Gasteiger partial charge in [-0.2, -0.15) is 5.10 Å². The van der Waals surface area contributed by atoms with Gasteiger partial charge in [-0.25, -0.2) is 14.5 Å². The minimum Gasteiger partial charge on any atom is -0.464 e. The van der Waals surface area contributed by atoms with Crippen LogP contribution >= 0.6 is 11.9 Å². The number of ether oxygens (including phenoxy) is 1. The lowest BCUT2D eigenvalue weighted by Crippen LogP contribution is -2.20. The molecule has 1 aromatic carbocycles. The number of nitrogens with zero attached hydrogens (tertiary/aromatic N) is 4. The van der Waals surface area contributed by atoms with Crippen molar-refractivity contribution >= 4 is 28.8 Å². The molecule has 8 heteroatoms. The van der Waals surface area contributed by atoms with Crippen LogP contribution in [0.2, 0.25) is 0 Å². The molecule has 0 amide bonds. The van der Waals surface area contributed by atoms with Gasteiger partial charge in [0.15, 0.2) is 11.5 Å². The van der Waals surface area contributed by atoms with E-state index in [0.29, 0.717) is 5.82 Å². The molecule has 33 heavy (non-hydrogen) atoms. The molecular formula is C25H27N5O2S. The van der Waals surface area contributed by atoms with Gasteiger partial charge in [0.05, 0.1) is 36.3 Å². The van der Waals surface area contributed by atoms with Crippen molar-refractivity contribution in [3.63, 3.8) is 0 Å². The van der Waals surface area contributed by atoms with Gasteiger partial charge in [0.25, 0.3) is 0 Å². The fraction of sp³-hybridized carbons (Fsp3) is 0.280. The summed E-state index contributed by atoms with van der Waals surface area (Å²) in [4.78, 5) is 21.2. The van der Waals surface area contributed by atoms with E-state index in [1.807, 2.05) is 42.5 Å². The number of methoxy groups -OCH3 is 1. The normalized spacial score (nSPS) is 12.6. The van der Waals surface area contributed by atoms with Crippen molar-refractivity contribution in [2.24, 2.45) is 0 Å². The maximum atomic E-state index is 11.9. The highest BCUT2D eigenvalue weighted by Gasteiger charge is 2.16. The third-order valence-electron chi connectivity index (χ3n) is 4.97. The molecule has 0 aliphatic carbocycles. The largest absolute Gasteiger partial charge is 0.464 e. The Morgan fingerprint density at radius 1 is 1.09 bits per heavy atom. The molecule has 3 heterocycles. The molecule has 0 saturated heterocycles. The lowest BCUT2D eigenvalue weighted by molar-refractivity contribution is 0.0594. The average molecular weight is 462 g/mol. The Hall–Kier alpha value is -3.23. The maximum Gasteiger partial charge on any atom is 0.356 e. The molecule has 4 aromatic rings. The first-order valence-electron chi connectivity index (χ1n) is 10.7. The van der Waals surface area contributed by atoms with Crippen molar-refractivity contribution in [3.8, 4) is 17.1 Å². The van der Waals surface area contributed by atoms with Crippen LogP contribution in [0.1, 0.15) is 49.9 Å². The second-order valence-electron chi connectivity index (χ2n) is 8.70. The summed E-state index contributed by atoms with van der Waals surface area (Å²) in [6.07, 6.45) is 1.78. The Balaban J connectivity index is 1.68. The van der Waals surface area contributed by atoms with E-state index in [1.165, 1.54) is 7.11 Å². The summed E-state index contributed by atoms with van der Waals surface area (Å²) in [5.74, 6) is 0.0613. The molecule has 0 aliphatic rings. The van der Waals surface area contributed by atoms with Gasteiger partial charge in [-0.1, -0.05) is 36.2 Å². The van der Waals surface area contributed by atoms with E-state index in [9.17, 15) is 4.79 Å². The van der Waals surface area contributed by atoms with Gasteiger partial charge in [0.2, 0.25) is 0 Å². The Bertz CT molecular complexity index is 1300. The first-order chi connectivity index (χ1) is 15.7. The first kappa shape index (κ1) is 22.9. The van der Waals surface area contributed by atoms with Gasteiger partial charge in [-0.3, -0.25) is 9.71 Å². The van der Waals surface area contributed by atoms with Crippen LogP contribution in [-0.4, -0.2) is 37.6 Å². The van der Waals surface area contributed by atoms with E-state index in [0.717, 1.165) is 27.9 Å². The first-order valence-corrected chi connectivity index (χ1v) is 11.5. The molecular weight excluding hydrogens is 434 g/mol. The van der Waals surface area contributed by atoms with Gasteiger partial charge in [0, 0.05) is 15.7 Å². The zero-order valence-corrected chi connectivity index (χ0v) is 20.2. The zero-order chi connectivity index (χ0) is 23.6. The Morgan fingerprint density at radius 2 is 1.88 bits per heavy atom. The van der Waals surface area contributed by atoms with Crippen LogP contribution in [0.3, 0.4) is 0 Å². The summed E-state index contributed by atoms with van der Waals surface area (Å²) in [6, 6.07) is 17.5. The predicted octanol–water partition coefficient (Wildman–Crippen LogP) is 5.37. The molecule has 0 radical (unpaired) electrons. The van der Waals surface area contributed by atoms with Crippen LogP contribution in [0.4, 0.5) is 0 Å². The Morgan fingerprint density at radius 3 is 2.64 bits per heavy atom. The standard InChI is InChI=1S/C25H27N5O2S/c1-16(29-33-25(2,3)4)19-8-6-9-20(27-19)17-12-13-18-15-26-30(22(18)14-17)23-11-7-10-21(28-23)24(31)32-5/h6-16,29H,1-5H3/t16-/m0/s1. The van der Waals surface area contributed by atoms with Crippen LogP contribution < -0.4 is 4.72 Å². The molecule has 0 spiro atoms. The summed E-state index contributed by atoms with van der Waals surface area (Å²) < 4.78 is 10.1. The summed E-state index contributed by atoms with van der Waals surface area (Å²) >= 11 is 1.70. The quantitative estimate of drug-likeness (QED) is 0.305. The van der Waals surface area contributed by atoms with E-state index in [-0.39, 0.29) is 16.5 Å². The Labute approximate surface area is 197 Å². The predicted molar refractivity (Wildman–Crippen MR) is 132 cm³/mol. The monoisotopic (exact) mass is 461 g/mol. The minimum absolute atomic E-state index is 0.105. The van der Waals surface area contributed by atoms with E-state index >= 15 is 0 Å². The highest BCUT2D eigenvalue weighted by Crippen LogP contribution is 2.27. The van der Waals surface area contributed by atoms with Crippen LogP contribution in [0.15, 0.2) is 60.8 Å². The van der Waals surface area contributed by atoms with Gasteiger partial charge < -0.3 is 4.74 Å². The number of rotatable bonds is 6. The molecule has 0 aliphatic heterocycles. The number of fused-ring (bicyclic) bond motifs is 1. The number of benzene rings is 1.